The Morgan fingerprint density at radius 2 is 2.09 bits per heavy atom. The van der Waals surface area contributed by atoms with Gasteiger partial charge in [0.1, 0.15) is 0 Å². The maximum atomic E-state index is 11.8. The van der Waals surface area contributed by atoms with Gasteiger partial charge >= 0.3 is 5.97 Å². The first-order chi connectivity index (χ1) is 10.7. The lowest BCUT2D eigenvalue weighted by atomic mass is 10.3. The molecule has 0 spiro atoms. The monoisotopic (exact) mass is 316 g/mol. The molecule has 3 rings (SSSR count). The van der Waals surface area contributed by atoms with Crippen molar-refractivity contribution in [2.45, 2.75) is 0 Å². The van der Waals surface area contributed by atoms with Gasteiger partial charge in [0.2, 0.25) is 5.76 Å². The van der Waals surface area contributed by atoms with E-state index in [1.807, 2.05) is 24.3 Å². The van der Waals surface area contributed by atoms with Crippen LogP contribution in [0.15, 0.2) is 40.8 Å². The van der Waals surface area contributed by atoms with E-state index in [-0.39, 0.29) is 18.3 Å². The lowest BCUT2D eigenvalue weighted by Crippen LogP contribution is -2.24. The SMILES string of the molecule is CNC(=O)COC(=O)c1ccc(-c2nc3ccccc3s2)o1. The van der Waals surface area contributed by atoms with Gasteiger partial charge in [-0.05, 0) is 24.3 Å². The molecule has 0 radical (unpaired) electrons. The molecule has 0 bridgehead atoms. The number of aromatic nitrogens is 1. The van der Waals surface area contributed by atoms with Gasteiger partial charge in [-0.25, -0.2) is 9.78 Å². The van der Waals surface area contributed by atoms with Gasteiger partial charge in [-0.1, -0.05) is 12.1 Å². The molecule has 3 aromatic rings. The number of ether oxygens (including phenoxy) is 1. The molecule has 6 nitrogen and oxygen atoms in total. The van der Waals surface area contributed by atoms with Crippen molar-refractivity contribution in [2.75, 3.05) is 13.7 Å². The van der Waals surface area contributed by atoms with Crippen LogP contribution in [0.2, 0.25) is 0 Å². The van der Waals surface area contributed by atoms with Gasteiger partial charge in [0, 0.05) is 7.05 Å². The Kier molecular flexibility index (Phi) is 3.88. The van der Waals surface area contributed by atoms with Gasteiger partial charge in [0.15, 0.2) is 17.4 Å². The maximum Gasteiger partial charge on any atom is 0.374 e. The second-order valence-electron chi connectivity index (χ2n) is 4.40. The van der Waals surface area contributed by atoms with Crippen LogP contribution in [0.3, 0.4) is 0 Å². The number of hydrogen-bond donors (Lipinski definition) is 1. The number of nitrogens with one attached hydrogen (secondary N) is 1. The molecule has 0 aliphatic heterocycles. The number of carbonyl (C=O) groups is 2. The summed E-state index contributed by atoms with van der Waals surface area (Å²) in [6.45, 7) is -0.341. The van der Waals surface area contributed by atoms with Crippen LogP contribution in [-0.4, -0.2) is 30.5 Å². The first-order valence-electron chi connectivity index (χ1n) is 6.51. The maximum absolute atomic E-state index is 11.8. The van der Waals surface area contributed by atoms with Crippen molar-refractivity contribution < 1.29 is 18.7 Å². The summed E-state index contributed by atoms with van der Waals surface area (Å²) in [5, 5.41) is 3.05. The molecule has 22 heavy (non-hydrogen) atoms. The predicted octanol–water partition coefficient (Wildman–Crippen LogP) is 2.46. The van der Waals surface area contributed by atoms with E-state index in [2.05, 4.69) is 10.3 Å². The Bertz CT molecular complexity index is 804. The Morgan fingerprint density at radius 3 is 2.86 bits per heavy atom. The van der Waals surface area contributed by atoms with Crippen molar-refractivity contribution in [3.63, 3.8) is 0 Å². The fourth-order valence-electron chi connectivity index (χ4n) is 1.81. The number of furan rings is 1. The molecule has 1 aromatic carbocycles. The Labute approximate surface area is 129 Å². The fraction of sp³-hybridized carbons (Fsp3) is 0.133. The minimum absolute atomic E-state index is 0.0400. The van der Waals surface area contributed by atoms with Crippen LogP contribution in [0.5, 0.6) is 0 Å². The summed E-state index contributed by atoms with van der Waals surface area (Å²) < 4.78 is 11.3. The molecule has 7 heteroatoms. The highest BCUT2D eigenvalue weighted by Crippen LogP contribution is 2.31. The molecule has 0 atom stereocenters. The number of para-hydroxylation sites is 1. The quantitative estimate of drug-likeness (QED) is 0.748. The third-order valence-corrected chi connectivity index (χ3v) is 3.98. The van der Waals surface area contributed by atoms with Gasteiger partial charge in [-0.15, -0.1) is 11.3 Å². The molecule has 0 saturated heterocycles. The number of rotatable bonds is 4. The summed E-state index contributed by atoms with van der Waals surface area (Å²) in [5.74, 6) is -0.534. The van der Waals surface area contributed by atoms with Crippen molar-refractivity contribution in [3.05, 3.63) is 42.2 Å². The first-order valence-corrected chi connectivity index (χ1v) is 7.32. The number of carbonyl (C=O) groups excluding carboxylic acids is 2. The van der Waals surface area contributed by atoms with Crippen molar-refractivity contribution >= 4 is 33.4 Å². The average Bonchev–Trinajstić information content (AvgIpc) is 3.18. The standard InChI is InChI=1S/C15H12N2O4S/c1-16-13(18)8-20-15(19)11-7-6-10(21-11)14-17-9-4-2-3-5-12(9)22-14/h2-7H,8H2,1H3,(H,16,18). The van der Waals surface area contributed by atoms with E-state index in [9.17, 15) is 9.59 Å². The normalized spacial score (nSPS) is 10.6. The number of nitrogens with zero attached hydrogens (tertiary/aromatic N) is 1. The molecule has 2 aromatic heterocycles. The van der Waals surface area contributed by atoms with E-state index < -0.39 is 5.97 Å². The van der Waals surface area contributed by atoms with Crippen LogP contribution < -0.4 is 5.32 Å². The predicted molar refractivity (Wildman–Crippen MR) is 81.7 cm³/mol. The number of thiazole rings is 1. The number of esters is 1. The molecule has 1 amide bonds. The molecular weight excluding hydrogens is 304 g/mol. The second-order valence-corrected chi connectivity index (χ2v) is 5.43. The largest absolute Gasteiger partial charge is 0.450 e. The van der Waals surface area contributed by atoms with E-state index in [0.717, 1.165) is 10.2 Å². The summed E-state index contributed by atoms with van der Waals surface area (Å²) in [7, 11) is 1.47. The van der Waals surface area contributed by atoms with Crippen molar-refractivity contribution in [3.8, 4) is 10.8 Å². The molecule has 0 aliphatic rings. The van der Waals surface area contributed by atoms with E-state index in [1.165, 1.54) is 24.5 Å². The molecule has 1 N–H and O–H groups in total. The Balaban J connectivity index is 1.78. The van der Waals surface area contributed by atoms with Crippen LogP contribution in [0, 0.1) is 0 Å². The summed E-state index contributed by atoms with van der Waals surface area (Å²) in [6.07, 6.45) is 0. The topological polar surface area (TPSA) is 81.4 Å². The number of amides is 1. The fourth-order valence-corrected chi connectivity index (χ4v) is 2.74. The lowest BCUT2D eigenvalue weighted by Gasteiger charge is -2.00. The summed E-state index contributed by atoms with van der Waals surface area (Å²) >= 11 is 1.48. The zero-order chi connectivity index (χ0) is 15.5. The Morgan fingerprint density at radius 1 is 1.27 bits per heavy atom. The van der Waals surface area contributed by atoms with Crippen LogP contribution in [0.25, 0.3) is 21.0 Å². The highest BCUT2D eigenvalue weighted by molar-refractivity contribution is 7.21. The van der Waals surface area contributed by atoms with Crippen molar-refractivity contribution in [2.24, 2.45) is 0 Å². The summed E-state index contributed by atoms with van der Waals surface area (Å²) in [5.41, 5.74) is 0.877. The first kappa shape index (κ1) is 14.3. The molecular formula is C15H12N2O4S. The van der Waals surface area contributed by atoms with Crippen LogP contribution in [0.4, 0.5) is 0 Å². The Hall–Kier alpha value is -2.67. The van der Waals surface area contributed by atoms with Crippen molar-refractivity contribution in [1.82, 2.24) is 10.3 Å². The minimum atomic E-state index is -0.684. The van der Waals surface area contributed by atoms with E-state index in [1.54, 1.807) is 6.07 Å². The summed E-state index contributed by atoms with van der Waals surface area (Å²) in [4.78, 5) is 27.3. The van der Waals surface area contributed by atoms with Gasteiger partial charge in [-0.3, -0.25) is 4.79 Å². The molecule has 0 aliphatic carbocycles. The third-order valence-electron chi connectivity index (χ3n) is 2.93. The molecule has 112 valence electrons. The highest BCUT2D eigenvalue weighted by atomic mass is 32.1. The number of likely N-dealkylation sites (N-methyl/N-ethyl adjacent to an activating group) is 1. The minimum Gasteiger partial charge on any atom is -0.450 e. The second kappa shape index (κ2) is 5.98. The zero-order valence-corrected chi connectivity index (χ0v) is 12.5. The third kappa shape index (κ3) is 2.84. The van der Waals surface area contributed by atoms with Gasteiger partial charge < -0.3 is 14.5 Å². The van der Waals surface area contributed by atoms with Crippen LogP contribution >= 0.6 is 11.3 Å². The molecule has 2 heterocycles. The highest BCUT2D eigenvalue weighted by Gasteiger charge is 2.16. The molecule has 0 fully saturated rings. The van der Waals surface area contributed by atoms with E-state index in [0.29, 0.717) is 10.8 Å². The van der Waals surface area contributed by atoms with Gasteiger partial charge in [-0.2, -0.15) is 0 Å². The van der Waals surface area contributed by atoms with Crippen LogP contribution in [-0.2, 0) is 9.53 Å². The lowest BCUT2D eigenvalue weighted by molar-refractivity contribution is -0.123. The number of fused-ring (bicyclic) bond motifs is 1. The van der Waals surface area contributed by atoms with Gasteiger partial charge in [0.05, 0.1) is 10.2 Å². The van der Waals surface area contributed by atoms with Crippen LogP contribution in [0.1, 0.15) is 10.6 Å². The summed E-state index contributed by atoms with van der Waals surface area (Å²) in [6, 6.07) is 10.9. The smallest absolute Gasteiger partial charge is 0.374 e. The van der Waals surface area contributed by atoms with E-state index in [4.69, 9.17) is 9.15 Å². The zero-order valence-electron chi connectivity index (χ0n) is 11.7. The average molecular weight is 316 g/mol. The number of benzene rings is 1. The molecule has 0 unspecified atom stereocenters. The van der Waals surface area contributed by atoms with E-state index >= 15 is 0 Å². The number of hydrogen-bond acceptors (Lipinski definition) is 6. The molecule has 0 saturated carbocycles. The van der Waals surface area contributed by atoms with Gasteiger partial charge in [0.25, 0.3) is 5.91 Å². The van der Waals surface area contributed by atoms with Crippen molar-refractivity contribution in [1.29, 1.82) is 0 Å².